The lowest BCUT2D eigenvalue weighted by atomic mass is 9.99. The number of ether oxygens (including phenoxy) is 1. The SMILES string of the molecule is CC(O[Si](c1ccccc1)(c1ccccc1)C(C)(C)C)C1CC=C(c2cc3[nH]n(C)c(=O)c3cc2F)CO1. The highest BCUT2D eigenvalue weighted by Gasteiger charge is 2.51. The number of fused-ring (bicyclic) bond motifs is 1. The molecule has 1 aliphatic heterocycles. The van der Waals surface area contributed by atoms with E-state index >= 15 is 4.39 Å². The average Bonchev–Trinajstić information content (AvgIpc) is 3.19. The summed E-state index contributed by atoms with van der Waals surface area (Å²) >= 11 is 0. The van der Waals surface area contributed by atoms with Gasteiger partial charge in [-0.2, -0.15) is 0 Å². The molecule has 2 unspecified atom stereocenters. The summed E-state index contributed by atoms with van der Waals surface area (Å²) < 4.78 is 29.9. The van der Waals surface area contributed by atoms with Crippen LogP contribution in [0.2, 0.25) is 5.04 Å². The Hall–Kier alpha value is -3.26. The zero-order valence-corrected chi connectivity index (χ0v) is 23.6. The number of aryl methyl sites for hydroxylation is 1. The van der Waals surface area contributed by atoms with Crippen molar-refractivity contribution in [1.29, 1.82) is 0 Å². The number of nitrogens with one attached hydrogen (secondary N) is 1. The van der Waals surface area contributed by atoms with Crippen molar-refractivity contribution in [3.8, 4) is 0 Å². The Morgan fingerprint density at radius 2 is 1.66 bits per heavy atom. The van der Waals surface area contributed by atoms with Crippen molar-refractivity contribution in [3.63, 3.8) is 0 Å². The molecular weight excluding hydrogens is 495 g/mol. The number of aromatic nitrogens is 2. The Morgan fingerprint density at radius 1 is 1.05 bits per heavy atom. The van der Waals surface area contributed by atoms with Gasteiger partial charge in [0.2, 0.25) is 0 Å². The molecule has 1 aromatic heterocycles. The van der Waals surface area contributed by atoms with Gasteiger partial charge in [-0.3, -0.25) is 14.6 Å². The summed E-state index contributed by atoms with van der Waals surface area (Å²) in [5.74, 6) is -0.417. The Balaban J connectivity index is 1.45. The minimum Gasteiger partial charge on any atom is -0.402 e. The molecule has 2 atom stereocenters. The van der Waals surface area contributed by atoms with Crippen LogP contribution in [-0.2, 0) is 16.2 Å². The van der Waals surface area contributed by atoms with Gasteiger partial charge in [0.1, 0.15) is 5.82 Å². The highest BCUT2D eigenvalue weighted by atomic mass is 28.4. The lowest BCUT2D eigenvalue weighted by Crippen LogP contribution is -2.68. The average molecular weight is 531 g/mol. The predicted octanol–water partition coefficient (Wildman–Crippen LogP) is 5.14. The number of aromatic amines is 1. The van der Waals surface area contributed by atoms with Gasteiger partial charge in [0, 0.05) is 12.6 Å². The topological polar surface area (TPSA) is 56.2 Å². The van der Waals surface area contributed by atoms with E-state index in [4.69, 9.17) is 9.16 Å². The molecule has 1 N–H and O–H groups in total. The molecule has 0 aliphatic carbocycles. The third-order valence-corrected chi connectivity index (χ3v) is 12.8. The first kappa shape index (κ1) is 26.3. The second-order valence-electron chi connectivity index (χ2n) is 11.2. The molecular formula is C31H35FN2O3Si. The Morgan fingerprint density at radius 3 is 2.18 bits per heavy atom. The Kier molecular flexibility index (Phi) is 7.03. The zero-order valence-electron chi connectivity index (χ0n) is 22.6. The Labute approximate surface area is 224 Å². The van der Waals surface area contributed by atoms with Crippen molar-refractivity contribution < 1.29 is 13.6 Å². The van der Waals surface area contributed by atoms with Gasteiger partial charge < -0.3 is 9.16 Å². The number of hydrogen-bond donors (Lipinski definition) is 1. The van der Waals surface area contributed by atoms with Gasteiger partial charge in [-0.1, -0.05) is 87.5 Å². The molecule has 0 fully saturated rings. The van der Waals surface area contributed by atoms with Crippen LogP contribution in [-0.4, -0.2) is 36.9 Å². The number of nitrogens with zero attached hydrogens (tertiary/aromatic N) is 1. The third-order valence-electron chi connectivity index (χ3n) is 7.63. The molecule has 0 saturated carbocycles. The van der Waals surface area contributed by atoms with E-state index < -0.39 is 14.1 Å². The van der Waals surface area contributed by atoms with Crippen molar-refractivity contribution in [2.75, 3.05) is 6.61 Å². The smallest absolute Gasteiger partial charge is 0.274 e. The second kappa shape index (κ2) is 10.1. The molecule has 0 bridgehead atoms. The van der Waals surface area contributed by atoms with Crippen molar-refractivity contribution in [3.05, 3.63) is 101 Å². The second-order valence-corrected chi connectivity index (χ2v) is 15.4. The van der Waals surface area contributed by atoms with Crippen molar-refractivity contribution in [2.24, 2.45) is 7.05 Å². The van der Waals surface area contributed by atoms with Crippen LogP contribution in [0.25, 0.3) is 16.5 Å². The summed E-state index contributed by atoms with van der Waals surface area (Å²) in [4.78, 5) is 12.2. The minimum absolute atomic E-state index is 0.134. The van der Waals surface area contributed by atoms with Gasteiger partial charge in [0.25, 0.3) is 13.9 Å². The highest BCUT2D eigenvalue weighted by molar-refractivity contribution is 6.99. The lowest BCUT2D eigenvalue weighted by Gasteiger charge is -2.46. The molecule has 198 valence electrons. The van der Waals surface area contributed by atoms with Crippen molar-refractivity contribution in [1.82, 2.24) is 9.78 Å². The van der Waals surface area contributed by atoms with Crippen LogP contribution in [0.5, 0.6) is 0 Å². The maximum atomic E-state index is 15.0. The van der Waals surface area contributed by atoms with Gasteiger partial charge in [-0.05, 0) is 46.5 Å². The number of benzene rings is 3. The molecule has 3 aromatic carbocycles. The molecule has 38 heavy (non-hydrogen) atoms. The first-order valence-electron chi connectivity index (χ1n) is 13.1. The maximum absolute atomic E-state index is 15.0. The number of hydrogen-bond acceptors (Lipinski definition) is 3. The van der Waals surface area contributed by atoms with E-state index in [-0.39, 0.29) is 29.4 Å². The molecule has 0 amide bonds. The molecule has 7 heteroatoms. The van der Waals surface area contributed by atoms with Crippen molar-refractivity contribution in [2.45, 2.75) is 51.4 Å². The van der Waals surface area contributed by atoms with Gasteiger partial charge >= 0.3 is 0 Å². The monoisotopic (exact) mass is 530 g/mol. The first-order chi connectivity index (χ1) is 18.1. The van der Waals surface area contributed by atoms with Crippen LogP contribution in [0.4, 0.5) is 4.39 Å². The zero-order chi connectivity index (χ0) is 27.1. The summed E-state index contributed by atoms with van der Waals surface area (Å²) in [6.07, 6.45) is 2.31. The van der Waals surface area contributed by atoms with E-state index in [0.29, 0.717) is 22.9 Å². The summed E-state index contributed by atoms with van der Waals surface area (Å²) in [6, 6.07) is 24.1. The van der Waals surface area contributed by atoms with E-state index in [1.54, 1.807) is 13.1 Å². The molecule has 2 heterocycles. The van der Waals surface area contributed by atoms with Crippen LogP contribution in [0.15, 0.2) is 83.7 Å². The largest absolute Gasteiger partial charge is 0.402 e. The highest BCUT2D eigenvalue weighted by Crippen LogP contribution is 2.38. The molecule has 0 saturated heterocycles. The van der Waals surface area contributed by atoms with Gasteiger partial charge in [0.05, 0.1) is 29.7 Å². The van der Waals surface area contributed by atoms with Gasteiger partial charge in [-0.25, -0.2) is 4.39 Å². The van der Waals surface area contributed by atoms with E-state index in [2.05, 4.69) is 81.3 Å². The normalized spacial score (nSPS) is 17.4. The van der Waals surface area contributed by atoms with Crippen molar-refractivity contribution >= 4 is 35.2 Å². The minimum atomic E-state index is -2.72. The molecule has 5 rings (SSSR count). The maximum Gasteiger partial charge on any atom is 0.274 e. The number of rotatable bonds is 6. The summed E-state index contributed by atoms with van der Waals surface area (Å²) in [7, 11) is -1.09. The summed E-state index contributed by atoms with van der Waals surface area (Å²) in [5.41, 5.74) is 1.61. The summed E-state index contributed by atoms with van der Waals surface area (Å²) in [6.45, 7) is 9.15. The van der Waals surface area contributed by atoms with E-state index in [1.165, 1.54) is 21.1 Å². The number of halogens is 1. The fourth-order valence-corrected chi connectivity index (χ4v) is 10.4. The molecule has 0 spiro atoms. The van der Waals surface area contributed by atoms with Crippen LogP contribution in [0.1, 0.15) is 39.7 Å². The third kappa shape index (κ3) is 4.59. The van der Waals surface area contributed by atoms with Crippen LogP contribution < -0.4 is 15.9 Å². The van der Waals surface area contributed by atoms with E-state index in [0.717, 1.165) is 5.57 Å². The number of H-pyrrole nitrogens is 1. The van der Waals surface area contributed by atoms with Crippen LogP contribution >= 0.6 is 0 Å². The standard InChI is InChI=1S/C31H35FN2O3Si/c1-21(37-38(31(2,3)4,23-12-8-6-9-13-23)24-14-10-7-11-15-24)29-17-16-22(20-36-29)25-19-28-26(18-27(25)32)30(35)34(5)33-28/h6-16,18-19,21,29,33H,17,20H2,1-5H3. The van der Waals surface area contributed by atoms with E-state index in [9.17, 15) is 4.79 Å². The first-order valence-corrected chi connectivity index (χ1v) is 15.0. The van der Waals surface area contributed by atoms with E-state index in [1.807, 2.05) is 18.2 Å². The quantitative estimate of drug-likeness (QED) is 0.351. The molecule has 0 radical (unpaired) electrons. The fraction of sp³-hybridized carbons (Fsp3) is 0.323. The predicted molar refractivity (Wildman–Crippen MR) is 154 cm³/mol. The molecule has 4 aromatic rings. The summed E-state index contributed by atoms with van der Waals surface area (Å²) in [5, 5.41) is 5.65. The van der Waals surface area contributed by atoms with Gasteiger partial charge in [-0.15, -0.1) is 0 Å². The molecule has 5 nitrogen and oxygen atoms in total. The van der Waals surface area contributed by atoms with Crippen LogP contribution in [0.3, 0.4) is 0 Å². The lowest BCUT2D eigenvalue weighted by molar-refractivity contribution is -0.0107. The van der Waals surface area contributed by atoms with Crippen LogP contribution in [0, 0.1) is 5.82 Å². The fourth-order valence-electron chi connectivity index (χ4n) is 5.64. The Bertz CT molecular complexity index is 1480. The molecule has 1 aliphatic rings. The van der Waals surface area contributed by atoms with Gasteiger partial charge in [0.15, 0.2) is 0 Å².